The molecule has 184 valence electrons. The molecule has 0 bridgehead atoms. The lowest BCUT2D eigenvalue weighted by Crippen LogP contribution is -2.51. The summed E-state index contributed by atoms with van der Waals surface area (Å²) < 4.78 is 24.0. The molecule has 2 atom stereocenters. The van der Waals surface area contributed by atoms with E-state index in [1.165, 1.54) is 6.92 Å². The molecule has 0 aromatic heterocycles. The van der Waals surface area contributed by atoms with Crippen LogP contribution < -0.4 is 10.1 Å². The molecular weight excluding hydrogens is 455 g/mol. The van der Waals surface area contributed by atoms with Gasteiger partial charge in [0.25, 0.3) is 5.91 Å². The van der Waals surface area contributed by atoms with Crippen molar-refractivity contribution in [1.29, 1.82) is 0 Å². The lowest BCUT2D eigenvalue weighted by molar-refractivity contribution is -0.147. The van der Waals surface area contributed by atoms with Gasteiger partial charge in [-0.2, -0.15) is 0 Å². The maximum atomic E-state index is 13.4. The van der Waals surface area contributed by atoms with Crippen molar-refractivity contribution in [3.05, 3.63) is 42.1 Å². The van der Waals surface area contributed by atoms with Crippen LogP contribution in [0.4, 0.5) is 9.18 Å². The smallest absolute Gasteiger partial charge is 0.320 e. The highest BCUT2D eigenvalue weighted by Gasteiger charge is 2.42. The Kier molecular flexibility index (Phi) is 8.30. The monoisotopic (exact) mass is 489 g/mol. The highest BCUT2D eigenvalue weighted by molar-refractivity contribution is 7.18. The minimum atomic E-state index is -2.15. The summed E-state index contributed by atoms with van der Waals surface area (Å²) in [5, 5.41) is 2.70. The van der Waals surface area contributed by atoms with Gasteiger partial charge in [-0.25, -0.2) is 9.18 Å². The molecule has 2 unspecified atom stereocenters. The summed E-state index contributed by atoms with van der Waals surface area (Å²) in [4.78, 5) is 28.4. The Balaban J connectivity index is 1.34. The van der Waals surface area contributed by atoms with E-state index in [4.69, 9.17) is 17.3 Å². The number of nitrogens with zero attached hydrogens (tertiary/aromatic N) is 2. The molecule has 1 saturated heterocycles. The summed E-state index contributed by atoms with van der Waals surface area (Å²) >= 11 is 0. The topological polar surface area (TPSA) is 71.1 Å². The highest BCUT2D eigenvalue weighted by atomic mass is 31.0. The van der Waals surface area contributed by atoms with Crippen LogP contribution in [0.15, 0.2) is 36.5 Å². The van der Waals surface area contributed by atoms with Crippen LogP contribution in [-0.2, 0) is 14.7 Å². The number of rotatable bonds is 11. The van der Waals surface area contributed by atoms with Gasteiger partial charge in [-0.05, 0) is 37.5 Å². The highest BCUT2D eigenvalue weighted by Crippen LogP contribution is 2.33. The van der Waals surface area contributed by atoms with E-state index in [2.05, 4.69) is 35.0 Å². The predicted octanol–water partition coefficient (Wildman–Crippen LogP) is 3.29. The van der Waals surface area contributed by atoms with Crippen LogP contribution in [0.1, 0.15) is 45.6 Å². The van der Waals surface area contributed by atoms with Crippen LogP contribution in [-0.4, -0.2) is 73.7 Å². The lowest BCUT2D eigenvalue weighted by atomic mass is 9.87. The minimum absolute atomic E-state index is 0.0297. The molecule has 1 N–H and O–H groups in total. The van der Waals surface area contributed by atoms with Gasteiger partial charge in [-0.3, -0.25) is 4.79 Å². The van der Waals surface area contributed by atoms with Crippen LogP contribution in [0.5, 0.6) is 5.75 Å². The van der Waals surface area contributed by atoms with Gasteiger partial charge in [0.05, 0.1) is 6.10 Å². The molecule has 34 heavy (non-hydrogen) atoms. The van der Waals surface area contributed by atoms with Gasteiger partial charge in [0.1, 0.15) is 5.75 Å². The minimum Gasteiger partial charge on any atom is -0.484 e. The number of halogens is 1. The summed E-state index contributed by atoms with van der Waals surface area (Å²) in [6.45, 7) is 10.8. The number of hydrogen-bond acceptors (Lipinski definition) is 4. The van der Waals surface area contributed by atoms with Crippen molar-refractivity contribution in [1.82, 2.24) is 15.1 Å². The zero-order valence-electron chi connectivity index (χ0n) is 20.2. The Bertz CT molecular complexity index is 895. The van der Waals surface area contributed by atoms with Gasteiger partial charge in [0.15, 0.2) is 20.2 Å². The fourth-order valence-electron chi connectivity index (χ4n) is 4.06. The second-order valence-electron chi connectivity index (χ2n) is 9.75. The maximum Gasteiger partial charge on any atom is 0.320 e. The fraction of sp³-hybridized carbons (Fsp3) is 0.583. The molecule has 3 amide bonds. The predicted molar refractivity (Wildman–Crippen MR) is 133 cm³/mol. The molecule has 10 heteroatoms. The van der Waals surface area contributed by atoms with E-state index in [0.717, 1.165) is 5.56 Å². The first kappa shape index (κ1) is 26.5. The van der Waals surface area contributed by atoms with Crippen molar-refractivity contribution < 1.29 is 23.5 Å². The number of carbonyl (C=O) groups is 2. The molecule has 3 rings (SSSR count). The summed E-state index contributed by atoms with van der Waals surface area (Å²) in [5.74, 6) is -1.83. The standard InChI is InChI=1S/C24H34BFN3O4P/c1-16(27-21(30)15-32-19-7-5-17(6-8-19)23(2,3)34)9-10-28-11-12-29(22(28)31)18-13-20(14-18)33-24(4,25)26/h5-8,18,20H,1,9-15,34H2,2-4H3,(H,27,30). The second kappa shape index (κ2) is 10.7. The van der Waals surface area contributed by atoms with Gasteiger partial charge < -0.3 is 24.6 Å². The van der Waals surface area contributed by atoms with Crippen LogP contribution in [0.2, 0.25) is 0 Å². The Hall–Kier alpha value is -2.12. The number of carbonyl (C=O) groups excluding carboxylic acids is 2. The third kappa shape index (κ3) is 7.44. The van der Waals surface area contributed by atoms with Crippen LogP contribution in [0.25, 0.3) is 0 Å². The third-order valence-electron chi connectivity index (χ3n) is 6.00. The zero-order chi connectivity index (χ0) is 25.1. The number of hydrogen-bond donors (Lipinski definition) is 1. The molecule has 1 aliphatic carbocycles. The van der Waals surface area contributed by atoms with Crippen LogP contribution in [0.3, 0.4) is 0 Å². The molecule has 0 spiro atoms. The molecule has 1 aromatic rings. The van der Waals surface area contributed by atoms with E-state index in [-0.39, 0.29) is 35.8 Å². The number of nitrogens with one attached hydrogen (secondary N) is 1. The molecule has 1 heterocycles. The van der Waals surface area contributed by atoms with E-state index >= 15 is 0 Å². The van der Waals surface area contributed by atoms with E-state index in [1.807, 2.05) is 24.3 Å². The molecule has 2 fully saturated rings. The van der Waals surface area contributed by atoms with Crippen molar-refractivity contribution in [3.63, 3.8) is 0 Å². The largest absolute Gasteiger partial charge is 0.484 e. The van der Waals surface area contributed by atoms with Gasteiger partial charge in [0.2, 0.25) is 0 Å². The molecule has 2 radical (unpaired) electrons. The first-order valence-electron chi connectivity index (χ1n) is 11.5. The Morgan fingerprint density at radius 1 is 1.26 bits per heavy atom. The fourth-order valence-corrected chi connectivity index (χ4v) is 4.25. The van der Waals surface area contributed by atoms with Crippen LogP contribution >= 0.6 is 9.24 Å². The summed E-state index contributed by atoms with van der Waals surface area (Å²) in [6.07, 6.45) is 1.35. The summed E-state index contributed by atoms with van der Waals surface area (Å²) in [7, 11) is 8.03. The second-order valence-corrected chi connectivity index (χ2v) is 11.2. The molecule has 2 aliphatic rings. The number of urea groups is 1. The van der Waals surface area contributed by atoms with Gasteiger partial charge in [0, 0.05) is 43.0 Å². The van der Waals surface area contributed by atoms with Crippen molar-refractivity contribution >= 4 is 29.0 Å². The van der Waals surface area contributed by atoms with E-state index in [9.17, 15) is 14.0 Å². The molecular formula is C24H34BFN3O4P. The van der Waals surface area contributed by atoms with Crippen molar-refractivity contribution in [2.24, 2.45) is 0 Å². The number of amides is 3. The van der Waals surface area contributed by atoms with E-state index in [0.29, 0.717) is 50.3 Å². The summed E-state index contributed by atoms with van der Waals surface area (Å²) in [5.41, 5.74) is 1.68. The zero-order valence-corrected chi connectivity index (χ0v) is 21.3. The van der Waals surface area contributed by atoms with Gasteiger partial charge in [-0.1, -0.05) is 32.6 Å². The van der Waals surface area contributed by atoms with Crippen molar-refractivity contribution in [3.8, 4) is 5.75 Å². The Labute approximate surface area is 205 Å². The maximum absolute atomic E-state index is 13.4. The summed E-state index contributed by atoms with van der Waals surface area (Å²) in [6, 6.07) is 7.62. The van der Waals surface area contributed by atoms with E-state index in [1.54, 1.807) is 9.80 Å². The average Bonchev–Trinajstić information content (AvgIpc) is 3.06. The van der Waals surface area contributed by atoms with Crippen molar-refractivity contribution in [2.45, 2.75) is 63.1 Å². The lowest BCUT2D eigenvalue weighted by Gasteiger charge is -2.42. The van der Waals surface area contributed by atoms with Crippen molar-refractivity contribution in [2.75, 3.05) is 26.2 Å². The van der Waals surface area contributed by atoms with Gasteiger partial charge in [-0.15, -0.1) is 9.24 Å². The SMILES string of the molecule is [B]C(C)(F)OC1CC(N2CCN(CCC(=C)NC(=O)COc3ccc(C(C)(C)P)cc3)C2=O)C1. The number of alkyl halides is 1. The molecule has 1 saturated carbocycles. The molecule has 1 aromatic carbocycles. The number of benzene rings is 1. The van der Waals surface area contributed by atoms with Crippen LogP contribution in [0, 0.1) is 0 Å². The Morgan fingerprint density at radius 2 is 1.91 bits per heavy atom. The van der Waals surface area contributed by atoms with Gasteiger partial charge >= 0.3 is 6.03 Å². The van der Waals surface area contributed by atoms with E-state index < -0.39 is 5.75 Å². The first-order chi connectivity index (χ1) is 15.8. The molecule has 7 nitrogen and oxygen atoms in total. The quantitative estimate of drug-likeness (QED) is 0.383. The third-order valence-corrected chi connectivity index (χ3v) is 6.34. The first-order valence-corrected chi connectivity index (χ1v) is 12.1. The Morgan fingerprint density at radius 3 is 2.50 bits per heavy atom. The number of ether oxygens (including phenoxy) is 2. The molecule has 1 aliphatic heterocycles. The average molecular weight is 489 g/mol. The normalized spacial score (nSPS) is 22.2.